The fourth-order valence-electron chi connectivity index (χ4n) is 1.40. The summed E-state index contributed by atoms with van der Waals surface area (Å²) in [4.78, 5) is 10.8. The van der Waals surface area contributed by atoms with Crippen molar-refractivity contribution in [3.63, 3.8) is 0 Å². The summed E-state index contributed by atoms with van der Waals surface area (Å²) in [7, 11) is -1.35. The molecule has 1 rings (SSSR count). The Labute approximate surface area is 132 Å². The normalized spacial score (nSPS) is 12.8. The van der Waals surface area contributed by atoms with E-state index in [2.05, 4.69) is 10.0 Å². The summed E-state index contributed by atoms with van der Waals surface area (Å²) in [6.07, 6.45) is -1.52. The molecule has 0 aliphatic rings. The van der Waals surface area contributed by atoms with E-state index >= 15 is 0 Å². The highest BCUT2D eigenvalue weighted by molar-refractivity contribution is 7.89. The number of methoxy groups -OCH3 is 1. The third-order valence-corrected chi connectivity index (χ3v) is 4.98. The number of aliphatic hydroxyl groups excluding tert-OH is 1. The fourth-order valence-corrected chi connectivity index (χ4v) is 3.28. The number of carbonyl (C=O) groups is 1. The third kappa shape index (κ3) is 4.21. The van der Waals surface area contributed by atoms with Crippen LogP contribution in [0.2, 0.25) is 10.0 Å². The van der Waals surface area contributed by atoms with E-state index in [1.807, 2.05) is 0 Å². The highest BCUT2D eigenvalue weighted by atomic mass is 35.5. The summed E-state index contributed by atoms with van der Waals surface area (Å²) in [5.74, 6) is -0.484. The van der Waals surface area contributed by atoms with Gasteiger partial charge in [-0.05, 0) is 12.1 Å². The topological polar surface area (TPSA) is 105 Å². The van der Waals surface area contributed by atoms with Gasteiger partial charge in [-0.3, -0.25) is 4.79 Å². The van der Waals surface area contributed by atoms with Crippen LogP contribution < -0.4 is 14.8 Å². The molecule has 0 unspecified atom stereocenters. The molecule has 10 heteroatoms. The Morgan fingerprint density at radius 1 is 1.38 bits per heavy atom. The van der Waals surface area contributed by atoms with E-state index in [0.29, 0.717) is 0 Å². The van der Waals surface area contributed by atoms with Crippen LogP contribution in [0, 0.1) is 0 Å². The van der Waals surface area contributed by atoms with Crippen molar-refractivity contribution >= 4 is 39.1 Å². The second-order valence-corrected chi connectivity index (χ2v) is 6.37. The number of rotatable bonds is 6. The van der Waals surface area contributed by atoms with Crippen LogP contribution in [0.1, 0.15) is 0 Å². The minimum atomic E-state index is -4.04. The third-order valence-electron chi connectivity index (χ3n) is 2.54. The molecule has 0 bridgehead atoms. The van der Waals surface area contributed by atoms with E-state index in [1.165, 1.54) is 26.3 Å². The van der Waals surface area contributed by atoms with Gasteiger partial charge < -0.3 is 15.2 Å². The predicted octanol–water partition coefficient (Wildman–Crippen LogP) is 0.387. The number of aliphatic hydroxyl groups is 1. The Morgan fingerprint density at radius 2 is 2.00 bits per heavy atom. The molecule has 0 spiro atoms. The molecule has 0 saturated heterocycles. The van der Waals surface area contributed by atoms with Gasteiger partial charge in [-0.15, -0.1) is 0 Å². The molecule has 0 saturated carbocycles. The lowest BCUT2D eigenvalue weighted by atomic mass is 10.3. The highest BCUT2D eigenvalue weighted by Gasteiger charge is 2.24. The number of ether oxygens (including phenoxy) is 1. The number of hydrogen-bond donors (Lipinski definition) is 3. The minimum Gasteiger partial charge on any atom is -0.495 e. The van der Waals surface area contributed by atoms with Crippen LogP contribution in [0.5, 0.6) is 5.75 Å². The van der Waals surface area contributed by atoms with Crippen molar-refractivity contribution in [2.45, 2.75) is 11.0 Å². The monoisotopic (exact) mass is 356 g/mol. The average Bonchev–Trinajstić information content (AvgIpc) is 2.46. The molecule has 0 fully saturated rings. The van der Waals surface area contributed by atoms with E-state index in [9.17, 15) is 18.3 Å². The molecule has 0 heterocycles. The molecule has 0 aliphatic heterocycles. The maximum atomic E-state index is 12.1. The van der Waals surface area contributed by atoms with Crippen LogP contribution in [0.15, 0.2) is 17.0 Å². The van der Waals surface area contributed by atoms with Crippen LogP contribution in [0.3, 0.4) is 0 Å². The van der Waals surface area contributed by atoms with Crippen molar-refractivity contribution in [1.29, 1.82) is 0 Å². The Morgan fingerprint density at radius 3 is 2.52 bits per heavy atom. The molecule has 3 N–H and O–H groups in total. The van der Waals surface area contributed by atoms with Gasteiger partial charge in [0.1, 0.15) is 21.8 Å². The van der Waals surface area contributed by atoms with Crippen LogP contribution in [-0.2, 0) is 14.8 Å². The smallest absolute Gasteiger partial charge is 0.249 e. The van der Waals surface area contributed by atoms with Gasteiger partial charge in [0.15, 0.2) is 0 Å². The van der Waals surface area contributed by atoms with Crippen molar-refractivity contribution < 1.29 is 23.1 Å². The summed E-state index contributed by atoms with van der Waals surface area (Å²) in [5.41, 5.74) is 0. The number of sulfonamides is 1. The zero-order chi connectivity index (χ0) is 16.2. The first-order chi connectivity index (χ1) is 9.74. The lowest BCUT2D eigenvalue weighted by molar-refractivity contribution is -0.128. The quantitative estimate of drug-likeness (QED) is 0.683. The number of hydrogen-bond acceptors (Lipinski definition) is 5. The van der Waals surface area contributed by atoms with E-state index in [1.54, 1.807) is 0 Å². The summed E-state index contributed by atoms with van der Waals surface area (Å²) >= 11 is 11.8. The second kappa shape index (κ2) is 7.28. The first-order valence-corrected chi connectivity index (χ1v) is 7.89. The lowest BCUT2D eigenvalue weighted by Gasteiger charge is -2.13. The van der Waals surface area contributed by atoms with Gasteiger partial charge in [-0.25, -0.2) is 13.1 Å². The number of likely N-dealkylation sites (N-methyl/N-ethyl adjacent to an activating group) is 1. The number of benzene rings is 1. The van der Waals surface area contributed by atoms with Crippen molar-refractivity contribution in [3.8, 4) is 5.75 Å². The van der Waals surface area contributed by atoms with Gasteiger partial charge in [0.05, 0.1) is 12.1 Å². The Kier molecular flexibility index (Phi) is 6.24. The molecule has 0 aliphatic carbocycles. The Bertz CT molecular complexity index is 636. The molecule has 1 amide bonds. The summed E-state index contributed by atoms with van der Waals surface area (Å²) in [6, 6.07) is 2.56. The van der Waals surface area contributed by atoms with E-state index in [0.717, 1.165) is 0 Å². The van der Waals surface area contributed by atoms with Crippen LogP contribution in [0.4, 0.5) is 0 Å². The van der Waals surface area contributed by atoms with Crippen LogP contribution in [0.25, 0.3) is 0 Å². The SMILES string of the molecule is CNC(=O)[C@H](O)CNS(=O)(=O)c1ccc(OC)c(Cl)c1Cl. The summed E-state index contributed by atoms with van der Waals surface area (Å²) < 4.78 is 31.2. The number of carbonyl (C=O) groups excluding carboxylic acids is 1. The molecular formula is C11H14Cl2N2O5S. The maximum Gasteiger partial charge on any atom is 0.249 e. The Hall–Kier alpha value is -1.06. The van der Waals surface area contributed by atoms with Gasteiger partial charge in [-0.2, -0.15) is 0 Å². The van der Waals surface area contributed by atoms with Crippen LogP contribution in [-0.4, -0.2) is 46.2 Å². The first kappa shape index (κ1) is 18.0. The minimum absolute atomic E-state index is 0.0473. The zero-order valence-corrected chi connectivity index (χ0v) is 13.5. The van der Waals surface area contributed by atoms with Crippen molar-refractivity contribution in [2.75, 3.05) is 20.7 Å². The standard InChI is InChI=1S/C11H14Cl2N2O5S/c1-14-11(17)6(16)5-15-21(18,19)8-4-3-7(20-2)9(12)10(8)13/h3-4,6,15-16H,5H2,1-2H3,(H,14,17)/t6-/m1/s1. The molecule has 21 heavy (non-hydrogen) atoms. The van der Waals surface area contributed by atoms with Crippen molar-refractivity contribution in [1.82, 2.24) is 10.0 Å². The van der Waals surface area contributed by atoms with E-state index in [-0.39, 0.29) is 20.7 Å². The Balaban J connectivity index is 2.99. The molecule has 1 aromatic carbocycles. The largest absolute Gasteiger partial charge is 0.495 e. The van der Waals surface area contributed by atoms with Gasteiger partial charge in [-0.1, -0.05) is 23.2 Å². The first-order valence-electron chi connectivity index (χ1n) is 5.66. The molecule has 0 aromatic heterocycles. The highest BCUT2D eigenvalue weighted by Crippen LogP contribution is 2.36. The summed E-state index contributed by atoms with van der Waals surface area (Å²) in [5, 5.41) is 11.3. The molecule has 7 nitrogen and oxygen atoms in total. The van der Waals surface area contributed by atoms with Crippen molar-refractivity contribution in [2.24, 2.45) is 0 Å². The fraction of sp³-hybridized carbons (Fsp3) is 0.364. The average molecular weight is 357 g/mol. The van der Waals surface area contributed by atoms with E-state index < -0.39 is 28.6 Å². The van der Waals surface area contributed by atoms with Gasteiger partial charge in [0, 0.05) is 13.6 Å². The number of amides is 1. The molecule has 0 radical (unpaired) electrons. The second-order valence-electron chi connectivity index (χ2n) is 3.88. The maximum absolute atomic E-state index is 12.1. The lowest BCUT2D eigenvalue weighted by Crippen LogP contribution is -2.41. The molecule has 118 valence electrons. The predicted molar refractivity (Wildman–Crippen MR) is 78.3 cm³/mol. The summed E-state index contributed by atoms with van der Waals surface area (Å²) in [6.45, 7) is -0.498. The van der Waals surface area contributed by atoms with Gasteiger partial charge in [0.2, 0.25) is 15.9 Å². The molecule has 1 atom stereocenters. The van der Waals surface area contributed by atoms with Crippen LogP contribution >= 0.6 is 23.2 Å². The molecule has 1 aromatic rings. The number of halogens is 2. The number of nitrogens with one attached hydrogen (secondary N) is 2. The van der Waals surface area contributed by atoms with Crippen molar-refractivity contribution in [3.05, 3.63) is 22.2 Å². The van der Waals surface area contributed by atoms with Gasteiger partial charge in [0.25, 0.3) is 0 Å². The van der Waals surface area contributed by atoms with Gasteiger partial charge >= 0.3 is 0 Å². The molecular weight excluding hydrogens is 343 g/mol. The van der Waals surface area contributed by atoms with E-state index in [4.69, 9.17) is 27.9 Å². The zero-order valence-electron chi connectivity index (χ0n) is 11.2.